The summed E-state index contributed by atoms with van der Waals surface area (Å²) in [6.07, 6.45) is 3.12. The molecular weight excluding hydrogens is 552 g/mol. The summed E-state index contributed by atoms with van der Waals surface area (Å²) in [6, 6.07) is 11.7. The quantitative estimate of drug-likeness (QED) is 0.175. The Balaban J connectivity index is 1.71. The Morgan fingerprint density at radius 2 is 1.79 bits per heavy atom. The number of Topliss-reactive ketones (excluding diaryl/α,β-unsaturated/α-hetero) is 1. The molecule has 2 aliphatic heterocycles. The number of benzene rings is 2. The zero-order valence-corrected chi connectivity index (χ0v) is 23.5. The lowest BCUT2D eigenvalue weighted by Gasteiger charge is -2.31. The molecule has 2 heterocycles. The van der Waals surface area contributed by atoms with Gasteiger partial charge in [-0.1, -0.05) is 53.9 Å². The zero-order valence-electron chi connectivity index (χ0n) is 22.0. The summed E-state index contributed by atoms with van der Waals surface area (Å²) in [5.41, 5.74) is 1.20. The van der Waals surface area contributed by atoms with E-state index in [0.29, 0.717) is 55.5 Å². The molecule has 2 aromatic rings. The lowest BCUT2D eigenvalue weighted by Crippen LogP contribution is -2.42. The number of carbonyl (C=O) groups excluding carboxylic acids is 2. The maximum absolute atomic E-state index is 13.3. The third kappa shape index (κ3) is 6.39. The fourth-order valence-electron chi connectivity index (χ4n) is 4.80. The number of nitrogens with zero attached hydrogens (tertiary/aromatic N) is 2. The number of aliphatic hydroxyl groups is 1. The molecule has 1 N–H and O–H groups in total. The number of ketones is 1. The number of methoxy groups -OCH3 is 1. The predicted molar refractivity (Wildman–Crippen MR) is 148 cm³/mol. The van der Waals surface area contributed by atoms with Crippen molar-refractivity contribution in [2.75, 3.05) is 53.1 Å². The van der Waals surface area contributed by atoms with Gasteiger partial charge in [0.2, 0.25) is 0 Å². The van der Waals surface area contributed by atoms with Gasteiger partial charge in [-0.15, -0.1) is 0 Å². The molecule has 0 aromatic heterocycles. The molecule has 1 unspecified atom stereocenters. The summed E-state index contributed by atoms with van der Waals surface area (Å²) >= 11 is 3.40. The lowest BCUT2D eigenvalue weighted by atomic mass is 9.95. The van der Waals surface area contributed by atoms with Crippen molar-refractivity contribution < 1.29 is 28.9 Å². The highest BCUT2D eigenvalue weighted by Gasteiger charge is 2.46. The van der Waals surface area contributed by atoms with Gasteiger partial charge in [0, 0.05) is 36.2 Å². The van der Waals surface area contributed by atoms with E-state index in [0.717, 1.165) is 36.8 Å². The second-order valence-corrected chi connectivity index (χ2v) is 10.3. The van der Waals surface area contributed by atoms with Crippen LogP contribution in [0.5, 0.6) is 11.5 Å². The maximum Gasteiger partial charge on any atom is 0.295 e. The number of unbranched alkanes of at least 4 members (excludes halogenated alkanes) is 2. The van der Waals surface area contributed by atoms with E-state index in [2.05, 4.69) is 27.8 Å². The normalized spacial score (nSPS) is 19.7. The van der Waals surface area contributed by atoms with Gasteiger partial charge >= 0.3 is 0 Å². The van der Waals surface area contributed by atoms with Crippen LogP contribution in [0.25, 0.3) is 5.76 Å². The number of ether oxygens (including phenoxy) is 3. The van der Waals surface area contributed by atoms with Gasteiger partial charge in [0.05, 0.1) is 38.5 Å². The van der Waals surface area contributed by atoms with Crippen LogP contribution in [-0.4, -0.2) is 79.7 Å². The van der Waals surface area contributed by atoms with Crippen LogP contribution in [0.1, 0.15) is 43.4 Å². The van der Waals surface area contributed by atoms with Gasteiger partial charge < -0.3 is 24.2 Å². The SMILES string of the molecule is CCCCCOc1ccc(C2/C(=C(\O)c3ccc(Br)cc3)C(=O)C(=O)N2CCN2CCOCC2)cc1OC. The second-order valence-electron chi connectivity index (χ2n) is 9.42. The van der Waals surface area contributed by atoms with Crippen LogP contribution in [0, 0.1) is 0 Å². The van der Waals surface area contributed by atoms with Gasteiger partial charge in [0.25, 0.3) is 11.7 Å². The molecule has 2 fully saturated rings. The predicted octanol–water partition coefficient (Wildman–Crippen LogP) is 4.78. The minimum atomic E-state index is -0.761. The van der Waals surface area contributed by atoms with Crippen molar-refractivity contribution in [2.45, 2.75) is 32.2 Å². The average molecular weight is 588 g/mol. The fraction of sp³-hybridized carbons (Fsp3) is 0.448. The van der Waals surface area contributed by atoms with E-state index in [1.807, 2.05) is 12.1 Å². The minimum Gasteiger partial charge on any atom is -0.507 e. The second kappa shape index (κ2) is 13.3. The molecule has 2 saturated heterocycles. The Hall–Kier alpha value is -2.88. The van der Waals surface area contributed by atoms with Crippen LogP contribution in [0.3, 0.4) is 0 Å². The first-order valence-corrected chi connectivity index (χ1v) is 13.9. The molecule has 2 aliphatic rings. The highest BCUT2D eigenvalue weighted by Crippen LogP contribution is 2.42. The van der Waals surface area contributed by atoms with E-state index < -0.39 is 17.7 Å². The number of morpholine rings is 1. The molecule has 0 aliphatic carbocycles. The van der Waals surface area contributed by atoms with Crippen LogP contribution < -0.4 is 9.47 Å². The van der Waals surface area contributed by atoms with E-state index in [-0.39, 0.29) is 11.3 Å². The van der Waals surface area contributed by atoms with Gasteiger partial charge in [0.15, 0.2) is 11.5 Å². The number of hydrogen-bond donors (Lipinski definition) is 1. The van der Waals surface area contributed by atoms with E-state index >= 15 is 0 Å². The molecule has 8 nitrogen and oxygen atoms in total. The summed E-state index contributed by atoms with van der Waals surface area (Å²) < 4.78 is 17.8. The van der Waals surface area contributed by atoms with Crippen molar-refractivity contribution in [2.24, 2.45) is 0 Å². The molecule has 0 saturated carbocycles. The van der Waals surface area contributed by atoms with Gasteiger partial charge in [-0.25, -0.2) is 0 Å². The first-order chi connectivity index (χ1) is 18.4. The van der Waals surface area contributed by atoms with E-state index in [4.69, 9.17) is 14.2 Å². The topological polar surface area (TPSA) is 88.5 Å². The van der Waals surface area contributed by atoms with Crippen LogP contribution in [-0.2, 0) is 14.3 Å². The minimum absolute atomic E-state index is 0.0676. The lowest BCUT2D eigenvalue weighted by molar-refractivity contribution is -0.140. The summed E-state index contributed by atoms with van der Waals surface area (Å²) in [6.45, 7) is 6.47. The van der Waals surface area contributed by atoms with Crippen LogP contribution >= 0.6 is 15.9 Å². The number of rotatable bonds is 11. The Morgan fingerprint density at radius 1 is 1.05 bits per heavy atom. The third-order valence-electron chi connectivity index (χ3n) is 6.93. The van der Waals surface area contributed by atoms with Crippen molar-refractivity contribution >= 4 is 33.4 Å². The van der Waals surface area contributed by atoms with Crippen LogP contribution in [0.2, 0.25) is 0 Å². The summed E-state index contributed by atoms with van der Waals surface area (Å²) in [5.74, 6) is -0.405. The Labute approximate surface area is 232 Å². The highest BCUT2D eigenvalue weighted by atomic mass is 79.9. The van der Waals surface area contributed by atoms with Gasteiger partial charge in [-0.3, -0.25) is 14.5 Å². The summed E-state index contributed by atoms with van der Waals surface area (Å²) in [4.78, 5) is 30.4. The highest BCUT2D eigenvalue weighted by molar-refractivity contribution is 9.10. The first kappa shape index (κ1) is 28.1. The molecule has 204 valence electrons. The molecule has 1 atom stereocenters. The third-order valence-corrected chi connectivity index (χ3v) is 7.46. The molecule has 2 aromatic carbocycles. The van der Waals surface area contributed by atoms with Crippen molar-refractivity contribution in [1.29, 1.82) is 0 Å². The molecule has 9 heteroatoms. The number of carbonyl (C=O) groups is 2. The van der Waals surface area contributed by atoms with Crippen LogP contribution in [0.4, 0.5) is 0 Å². The standard InChI is InChI=1S/C29H35BrN2O6/c1-3-4-5-16-38-23-11-8-21(19-24(23)36-2)26-25(27(33)20-6-9-22(30)10-7-20)28(34)29(35)32(26)13-12-31-14-17-37-18-15-31/h6-11,19,26,33H,3-5,12-18H2,1-2H3/b27-25+. The monoisotopic (exact) mass is 586 g/mol. The van der Waals surface area contributed by atoms with Crippen molar-refractivity contribution in [3.8, 4) is 11.5 Å². The number of likely N-dealkylation sites (tertiary alicyclic amines) is 1. The largest absolute Gasteiger partial charge is 0.507 e. The summed E-state index contributed by atoms with van der Waals surface area (Å²) in [7, 11) is 1.56. The molecule has 4 rings (SSSR count). The number of halogens is 1. The van der Waals surface area contributed by atoms with Gasteiger partial charge in [-0.2, -0.15) is 0 Å². The molecule has 0 radical (unpaired) electrons. The average Bonchev–Trinajstić information content (AvgIpc) is 3.19. The Morgan fingerprint density at radius 3 is 2.47 bits per heavy atom. The number of aliphatic hydroxyl groups excluding tert-OH is 1. The summed E-state index contributed by atoms with van der Waals surface area (Å²) in [5, 5.41) is 11.3. The van der Waals surface area contributed by atoms with E-state index in [1.54, 1.807) is 42.3 Å². The van der Waals surface area contributed by atoms with Crippen molar-refractivity contribution in [3.63, 3.8) is 0 Å². The van der Waals surface area contributed by atoms with Gasteiger partial charge in [0.1, 0.15) is 5.76 Å². The molecule has 0 spiro atoms. The van der Waals surface area contributed by atoms with E-state index in [9.17, 15) is 14.7 Å². The molecule has 0 bridgehead atoms. The number of amides is 1. The Kier molecular flexibility index (Phi) is 9.82. The van der Waals surface area contributed by atoms with Crippen LogP contribution in [0.15, 0.2) is 52.5 Å². The first-order valence-electron chi connectivity index (χ1n) is 13.1. The molecule has 38 heavy (non-hydrogen) atoms. The van der Waals surface area contributed by atoms with Crippen molar-refractivity contribution in [1.82, 2.24) is 9.80 Å². The zero-order chi connectivity index (χ0) is 27.1. The number of hydrogen-bond acceptors (Lipinski definition) is 7. The maximum atomic E-state index is 13.3. The Bertz CT molecular complexity index is 1160. The molecular formula is C29H35BrN2O6. The smallest absolute Gasteiger partial charge is 0.295 e. The fourth-order valence-corrected chi connectivity index (χ4v) is 5.07. The van der Waals surface area contributed by atoms with E-state index in [1.165, 1.54) is 0 Å². The van der Waals surface area contributed by atoms with Crippen molar-refractivity contribution in [3.05, 3.63) is 63.6 Å². The van der Waals surface area contributed by atoms with Gasteiger partial charge in [-0.05, 0) is 36.2 Å². The molecule has 1 amide bonds.